The summed E-state index contributed by atoms with van der Waals surface area (Å²) in [5.41, 5.74) is 4.14. The molecule has 1 unspecified atom stereocenters. The number of nitrogens with zero attached hydrogens (tertiary/aromatic N) is 1. The minimum absolute atomic E-state index is 0.0150. The number of piperidine rings is 3. The summed E-state index contributed by atoms with van der Waals surface area (Å²) >= 11 is 0. The molecule has 3 atom stereocenters. The van der Waals surface area contributed by atoms with E-state index < -0.39 is 18.2 Å². The van der Waals surface area contributed by atoms with Crippen LogP contribution in [0.1, 0.15) is 103 Å². The molecule has 3 saturated heterocycles. The molecule has 5 aromatic rings. The van der Waals surface area contributed by atoms with Gasteiger partial charge in [0.25, 0.3) is 5.91 Å². The Balaban J connectivity index is 0.725. The van der Waals surface area contributed by atoms with Crippen molar-refractivity contribution in [2.45, 2.75) is 82.6 Å². The van der Waals surface area contributed by atoms with E-state index in [-0.39, 0.29) is 23.3 Å². The maximum atomic E-state index is 13.3. The van der Waals surface area contributed by atoms with E-state index in [0.717, 1.165) is 81.4 Å². The molecule has 0 spiro atoms. The molecule has 1 saturated carbocycles. The maximum Gasteiger partial charge on any atom is 0.408 e. The second-order valence-corrected chi connectivity index (χ2v) is 17.7. The number of H-pyrrole nitrogens is 1. The number of aliphatic hydroxyl groups is 1. The number of nitrogens with one attached hydrogen (secondary N) is 4. The van der Waals surface area contributed by atoms with Gasteiger partial charge in [-0.05, 0) is 128 Å². The Morgan fingerprint density at radius 3 is 2.35 bits per heavy atom. The van der Waals surface area contributed by atoms with Crippen molar-refractivity contribution in [2.75, 3.05) is 39.3 Å². The van der Waals surface area contributed by atoms with E-state index in [1.54, 1.807) is 12.1 Å². The van der Waals surface area contributed by atoms with Crippen LogP contribution >= 0.6 is 0 Å². The first-order valence-corrected chi connectivity index (χ1v) is 22.8. The topological polar surface area (TPSA) is 165 Å². The number of aromatic amines is 1. The van der Waals surface area contributed by atoms with Crippen molar-refractivity contribution in [2.24, 2.45) is 17.8 Å². The number of hydrogen-bond acceptors (Lipinski definition) is 9. The Hall–Kier alpha value is -5.69. The molecule has 6 N–H and O–H groups in total. The molecular formula is C51H61N5O7. The number of ether oxygens (including phenoxy) is 2. The lowest BCUT2D eigenvalue weighted by molar-refractivity contribution is -0.0336. The fourth-order valence-electron chi connectivity index (χ4n) is 9.69. The Morgan fingerprint density at radius 2 is 1.59 bits per heavy atom. The quantitative estimate of drug-likeness (QED) is 0.0484. The largest absolute Gasteiger partial charge is 0.506 e. The number of rotatable bonds is 18. The number of phenolic OH excluding ortho intramolecular Hbond substituents is 1. The number of amides is 2. The summed E-state index contributed by atoms with van der Waals surface area (Å²) < 4.78 is 12.2. The highest BCUT2D eigenvalue weighted by Crippen LogP contribution is 2.33. The number of aromatic hydroxyl groups is 1. The number of aromatic nitrogens is 1. The number of unbranched alkanes of at least 4 members (excludes halogenated alkanes) is 1. The van der Waals surface area contributed by atoms with E-state index in [1.807, 2.05) is 78.9 Å². The number of carbonyl (C=O) groups excluding carboxylic acids is 2. The molecule has 12 heteroatoms. The SMILES string of the molecule is O=C(NC(c1ccccc1)c1cccc(OCc2ccc(C(=O)NCC3CCC(CCCCNC[C@@H](O)c4ccc(O)c5[nH]c(=O)ccc45)CC3)cc2)c1)O[C@H]1CN2CCC1CC2. The summed E-state index contributed by atoms with van der Waals surface area (Å²) in [6.45, 7) is 5.19. The monoisotopic (exact) mass is 855 g/mol. The van der Waals surface area contributed by atoms with Gasteiger partial charge in [-0.25, -0.2) is 4.79 Å². The van der Waals surface area contributed by atoms with E-state index in [0.29, 0.717) is 65.2 Å². The number of alkyl carbamates (subject to hydrolysis) is 1. The van der Waals surface area contributed by atoms with Gasteiger partial charge in [-0.2, -0.15) is 0 Å². The Kier molecular flexibility index (Phi) is 14.7. The van der Waals surface area contributed by atoms with E-state index in [2.05, 4.69) is 25.8 Å². The highest BCUT2D eigenvalue weighted by Gasteiger charge is 2.37. The zero-order valence-electron chi connectivity index (χ0n) is 36.0. The van der Waals surface area contributed by atoms with Crippen LogP contribution < -0.4 is 26.2 Å². The summed E-state index contributed by atoms with van der Waals surface area (Å²) in [5, 5.41) is 31.2. The van der Waals surface area contributed by atoms with Crippen molar-refractivity contribution in [1.29, 1.82) is 0 Å². The average molecular weight is 856 g/mol. The number of aliphatic hydroxyl groups excluding tert-OH is 1. The van der Waals surface area contributed by atoms with Crippen LogP contribution in [0.15, 0.2) is 108 Å². The van der Waals surface area contributed by atoms with Crippen LogP contribution in [0.25, 0.3) is 10.9 Å². The van der Waals surface area contributed by atoms with Gasteiger partial charge >= 0.3 is 6.09 Å². The van der Waals surface area contributed by atoms with Crippen LogP contribution in [0.3, 0.4) is 0 Å². The normalized spacial score (nSPS) is 21.6. The summed E-state index contributed by atoms with van der Waals surface area (Å²) in [5.74, 6) is 2.23. The van der Waals surface area contributed by atoms with Gasteiger partial charge in [0, 0.05) is 36.7 Å². The van der Waals surface area contributed by atoms with Gasteiger partial charge in [0.2, 0.25) is 5.56 Å². The minimum Gasteiger partial charge on any atom is -0.506 e. The molecule has 12 nitrogen and oxygen atoms in total. The summed E-state index contributed by atoms with van der Waals surface area (Å²) in [6.07, 6.45) is 8.83. The molecule has 4 heterocycles. The minimum atomic E-state index is -0.757. The lowest BCUT2D eigenvalue weighted by atomic mass is 9.80. The van der Waals surface area contributed by atoms with Gasteiger partial charge in [-0.1, -0.05) is 86.3 Å². The zero-order valence-corrected chi connectivity index (χ0v) is 36.0. The fraction of sp³-hybridized carbons (Fsp3) is 0.431. The molecule has 1 aromatic heterocycles. The van der Waals surface area contributed by atoms with Crippen LogP contribution in [0, 0.1) is 17.8 Å². The Morgan fingerprint density at radius 1 is 0.825 bits per heavy atom. The number of pyridine rings is 1. The fourth-order valence-corrected chi connectivity index (χ4v) is 9.69. The highest BCUT2D eigenvalue weighted by molar-refractivity contribution is 5.94. The first kappa shape index (κ1) is 43.9. The molecule has 1 aliphatic carbocycles. The third kappa shape index (κ3) is 11.7. The van der Waals surface area contributed by atoms with Gasteiger partial charge in [-0.15, -0.1) is 0 Å². The molecule has 332 valence electrons. The van der Waals surface area contributed by atoms with Gasteiger partial charge in [0.15, 0.2) is 0 Å². The van der Waals surface area contributed by atoms with Crippen LogP contribution in [-0.4, -0.2) is 77.5 Å². The average Bonchev–Trinajstić information content (AvgIpc) is 3.32. The molecule has 0 radical (unpaired) electrons. The van der Waals surface area contributed by atoms with Crippen molar-refractivity contribution in [3.63, 3.8) is 0 Å². The van der Waals surface area contributed by atoms with E-state index in [9.17, 15) is 24.6 Å². The van der Waals surface area contributed by atoms with Crippen LogP contribution in [0.5, 0.6) is 11.5 Å². The third-order valence-corrected chi connectivity index (χ3v) is 13.4. The molecule has 4 aromatic carbocycles. The highest BCUT2D eigenvalue weighted by atomic mass is 16.6. The van der Waals surface area contributed by atoms with Crippen molar-refractivity contribution < 1.29 is 29.3 Å². The molecule has 4 aliphatic rings. The Bertz CT molecular complexity index is 2340. The van der Waals surface area contributed by atoms with E-state index in [1.165, 1.54) is 31.4 Å². The van der Waals surface area contributed by atoms with Crippen LogP contribution in [-0.2, 0) is 11.3 Å². The van der Waals surface area contributed by atoms with Crippen molar-refractivity contribution in [1.82, 2.24) is 25.8 Å². The van der Waals surface area contributed by atoms with Crippen molar-refractivity contribution in [3.05, 3.63) is 141 Å². The molecule has 4 fully saturated rings. The van der Waals surface area contributed by atoms with Crippen LogP contribution in [0.4, 0.5) is 4.79 Å². The lowest BCUT2D eigenvalue weighted by Crippen LogP contribution is -2.52. The molecule has 2 amide bonds. The first-order chi connectivity index (χ1) is 30.8. The molecule has 3 aliphatic heterocycles. The standard InChI is InChI=1S/C51H61N5O7/c57-44-22-20-42(43-21-23-47(59)54-49(43)44)45(58)31-52-26-5-4-7-34-12-14-35(15-13-34)30-53-50(60)39-18-16-36(17-19-39)33-62-41-11-6-10-40(29-41)48(38-8-2-1-3-9-38)55-51(61)63-46-32-56-27-24-37(46)25-28-56/h1-3,6,8-11,16-23,29,34-35,37,45-46,48,52,57-58H,4-5,7,12-15,24-28,30-33H2,(H,53,60)(H,54,59)(H,55,61)/t34?,35?,45-,46+,48?/m1/s1. The molecule has 63 heavy (non-hydrogen) atoms. The lowest BCUT2D eigenvalue weighted by Gasteiger charge is -2.43. The third-order valence-electron chi connectivity index (χ3n) is 13.4. The zero-order chi connectivity index (χ0) is 43.5. The predicted octanol–water partition coefficient (Wildman–Crippen LogP) is 7.75. The number of hydrogen-bond donors (Lipinski definition) is 6. The summed E-state index contributed by atoms with van der Waals surface area (Å²) in [4.78, 5) is 43.1. The second kappa shape index (κ2) is 21.1. The first-order valence-electron chi connectivity index (χ1n) is 22.8. The summed E-state index contributed by atoms with van der Waals surface area (Å²) in [7, 11) is 0. The molecular weight excluding hydrogens is 795 g/mol. The van der Waals surface area contributed by atoms with Gasteiger partial charge in [-0.3, -0.25) is 14.5 Å². The number of benzene rings is 4. The maximum absolute atomic E-state index is 13.3. The van der Waals surface area contributed by atoms with Gasteiger partial charge < -0.3 is 40.6 Å². The van der Waals surface area contributed by atoms with Crippen LogP contribution in [0.2, 0.25) is 0 Å². The molecule has 2 bridgehead atoms. The van der Waals surface area contributed by atoms with E-state index >= 15 is 0 Å². The smallest absolute Gasteiger partial charge is 0.408 e. The van der Waals surface area contributed by atoms with Gasteiger partial charge in [0.1, 0.15) is 24.2 Å². The second-order valence-electron chi connectivity index (χ2n) is 17.7. The summed E-state index contributed by atoms with van der Waals surface area (Å²) in [6, 6.07) is 31.1. The number of carbonyl (C=O) groups is 2. The van der Waals surface area contributed by atoms with E-state index in [4.69, 9.17) is 9.47 Å². The predicted molar refractivity (Wildman–Crippen MR) is 244 cm³/mol. The number of phenols is 1. The van der Waals surface area contributed by atoms with Gasteiger partial charge in [0.05, 0.1) is 17.7 Å². The van der Waals surface area contributed by atoms with Crippen molar-refractivity contribution in [3.8, 4) is 11.5 Å². The Labute approximate surface area is 369 Å². The number of fused-ring (bicyclic) bond motifs is 4. The van der Waals surface area contributed by atoms with Crippen molar-refractivity contribution >= 4 is 22.9 Å². The molecule has 9 rings (SSSR count).